The van der Waals surface area contributed by atoms with Gasteiger partial charge < -0.3 is 0 Å². The van der Waals surface area contributed by atoms with E-state index >= 15 is 0 Å². The monoisotopic (exact) mass is 259 g/mol. The Bertz CT molecular complexity index is 526. The summed E-state index contributed by atoms with van der Waals surface area (Å²) < 4.78 is 37.1. The molecule has 0 spiro atoms. The third kappa shape index (κ3) is 2.69. The van der Waals surface area contributed by atoms with E-state index in [2.05, 4.69) is 20.3 Å². The molecule has 0 fully saturated rings. The lowest BCUT2D eigenvalue weighted by atomic mass is 10.1. The maximum Gasteiger partial charge on any atom is 0.432 e. The van der Waals surface area contributed by atoms with Gasteiger partial charge in [-0.3, -0.25) is 10.2 Å². The Balaban J connectivity index is 2.21. The molecule has 5 nitrogen and oxygen atoms in total. The Morgan fingerprint density at radius 2 is 1.94 bits per heavy atom. The number of nitrogens with one attached hydrogen (secondary N) is 2. The molecule has 2 N–H and O–H groups in total. The van der Waals surface area contributed by atoms with Gasteiger partial charge in [-0.2, -0.15) is 23.4 Å². The number of rotatable bonds is 3. The Hall–Kier alpha value is -1.86. The van der Waals surface area contributed by atoms with Crippen LogP contribution in [0, 0.1) is 5.92 Å². The summed E-state index contributed by atoms with van der Waals surface area (Å²) in [6.07, 6.45) is -3.76. The normalized spacial score (nSPS) is 12.3. The third-order valence-electron chi connectivity index (χ3n) is 2.25. The minimum absolute atomic E-state index is 0.0774. The van der Waals surface area contributed by atoms with E-state index in [0.29, 0.717) is 18.2 Å². The van der Waals surface area contributed by atoms with E-state index in [-0.39, 0.29) is 11.5 Å². The predicted octanol–water partition coefficient (Wildman–Crippen LogP) is 2.41. The van der Waals surface area contributed by atoms with Gasteiger partial charge in [0.05, 0.1) is 0 Å². The maximum atomic E-state index is 12.4. The van der Waals surface area contributed by atoms with Crippen molar-refractivity contribution in [2.45, 2.75) is 26.4 Å². The molecule has 2 aromatic heterocycles. The number of aromatic nitrogens is 5. The highest BCUT2D eigenvalue weighted by Crippen LogP contribution is 2.29. The molecule has 0 atom stereocenters. The van der Waals surface area contributed by atoms with Gasteiger partial charge in [0.2, 0.25) is 5.82 Å². The zero-order chi connectivity index (χ0) is 13.3. The van der Waals surface area contributed by atoms with E-state index in [1.54, 1.807) is 0 Å². The Kier molecular flexibility index (Phi) is 3.10. The molecule has 8 heteroatoms. The predicted molar refractivity (Wildman–Crippen MR) is 57.5 cm³/mol. The van der Waals surface area contributed by atoms with E-state index in [4.69, 9.17) is 0 Å². The van der Waals surface area contributed by atoms with Crippen molar-refractivity contribution in [2.75, 3.05) is 0 Å². The fraction of sp³-hybridized carbons (Fsp3) is 0.500. The second kappa shape index (κ2) is 4.43. The maximum absolute atomic E-state index is 12.4. The molecule has 2 aromatic rings. The van der Waals surface area contributed by atoms with Crippen LogP contribution < -0.4 is 0 Å². The lowest BCUT2D eigenvalue weighted by Gasteiger charge is -1.99. The Morgan fingerprint density at radius 3 is 2.50 bits per heavy atom. The van der Waals surface area contributed by atoms with Gasteiger partial charge in [0.25, 0.3) is 0 Å². The van der Waals surface area contributed by atoms with Gasteiger partial charge in [-0.15, -0.1) is 0 Å². The van der Waals surface area contributed by atoms with Gasteiger partial charge in [0, 0.05) is 6.42 Å². The van der Waals surface area contributed by atoms with E-state index in [1.165, 1.54) is 0 Å². The van der Waals surface area contributed by atoms with Crippen LogP contribution in [0.2, 0.25) is 0 Å². The molecule has 0 aromatic carbocycles. The minimum atomic E-state index is -4.44. The van der Waals surface area contributed by atoms with Gasteiger partial charge in [0.15, 0.2) is 0 Å². The highest BCUT2D eigenvalue weighted by atomic mass is 19.4. The second-order valence-electron chi connectivity index (χ2n) is 4.37. The van der Waals surface area contributed by atoms with Crippen LogP contribution in [0.1, 0.15) is 25.4 Å². The Morgan fingerprint density at radius 1 is 1.22 bits per heavy atom. The third-order valence-corrected chi connectivity index (χ3v) is 2.25. The summed E-state index contributed by atoms with van der Waals surface area (Å²) in [6, 6.07) is 0.891. The van der Waals surface area contributed by atoms with E-state index in [1.807, 2.05) is 18.9 Å². The number of H-pyrrole nitrogens is 2. The highest BCUT2D eigenvalue weighted by Gasteiger charge is 2.33. The summed E-state index contributed by atoms with van der Waals surface area (Å²) in [4.78, 5) is 4.10. The van der Waals surface area contributed by atoms with Crippen LogP contribution in [0.25, 0.3) is 11.5 Å². The molecule has 18 heavy (non-hydrogen) atoms. The molecule has 0 saturated carbocycles. The Labute approximate surface area is 101 Å². The van der Waals surface area contributed by atoms with Crippen LogP contribution >= 0.6 is 0 Å². The standard InChI is InChI=1S/C10H12F3N5/c1-5(2)3-8-14-9(18-17-8)6-4-7(16-15-6)10(11,12)13/h4-5H,3H2,1-2H3,(H,15,16)(H,14,17,18). The molecule has 0 aliphatic carbocycles. The lowest BCUT2D eigenvalue weighted by Crippen LogP contribution is -2.04. The summed E-state index contributed by atoms with van der Waals surface area (Å²) in [5.41, 5.74) is -0.832. The quantitative estimate of drug-likeness (QED) is 0.889. The summed E-state index contributed by atoms with van der Waals surface area (Å²) in [5.74, 6) is 1.18. The fourth-order valence-electron chi connectivity index (χ4n) is 1.47. The van der Waals surface area contributed by atoms with Crippen molar-refractivity contribution in [3.05, 3.63) is 17.6 Å². The number of halogens is 3. The first-order valence-electron chi connectivity index (χ1n) is 5.40. The van der Waals surface area contributed by atoms with Crippen molar-refractivity contribution in [1.29, 1.82) is 0 Å². The smallest absolute Gasteiger partial charge is 0.273 e. The summed E-state index contributed by atoms with van der Waals surface area (Å²) in [5, 5.41) is 12.0. The molecule has 2 rings (SSSR count). The second-order valence-corrected chi connectivity index (χ2v) is 4.37. The average molecular weight is 259 g/mol. The highest BCUT2D eigenvalue weighted by molar-refractivity contribution is 5.48. The van der Waals surface area contributed by atoms with Crippen LogP contribution in [-0.4, -0.2) is 25.4 Å². The van der Waals surface area contributed by atoms with E-state index < -0.39 is 11.9 Å². The van der Waals surface area contributed by atoms with Crippen molar-refractivity contribution in [3.8, 4) is 11.5 Å². The van der Waals surface area contributed by atoms with Gasteiger partial charge in [0.1, 0.15) is 17.2 Å². The van der Waals surface area contributed by atoms with Gasteiger partial charge in [-0.05, 0) is 12.0 Å². The molecule has 98 valence electrons. The number of hydrogen-bond acceptors (Lipinski definition) is 3. The summed E-state index contributed by atoms with van der Waals surface area (Å²) >= 11 is 0. The lowest BCUT2D eigenvalue weighted by molar-refractivity contribution is -0.141. The first-order valence-corrected chi connectivity index (χ1v) is 5.40. The fourth-order valence-corrected chi connectivity index (χ4v) is 1.47. The minimum Gasteiger partial charge on any atom is -0.273 e. The van der Waals surface area contributed by atoms with E-state index in [0.717, 1.165) is 6.07 Å². The molecule has 0 aliphatic rings. The molecule has 0 unspecified atom stereocenters. The SMILES string of the molecule is CC(C)Cc1nc(-c2cc(C(F)(F)F)[nH]n2)n[nH]1. The summed E-state index contributed by atoms with van der Waals surface area (Å²) in [7, 11) is 0. The van der Waals surface area contributed by atoms with Crippen LogP contribution in [0.3, 0.4) is 0 Å². The first-order chi connectivity index (χ1) is 8.36. The van der Waals surface area contributed by atoms with Crippen LogP contribution in [0.15, 0.2) is 6.07 Å². The molecule has 0 amide bonds. The molecule has 0 saturated heterocycles. The molecule has 2 heterocycles. The molecule has 0 aliphatic heterocycles. The van der Waals surface area contributed by atoms with Crippen molar-refractivity contribution >= 4 is 0 Å². The zero-order valence-electron chi connectivity index (χ0n) is 9.84. The van der Waals surface area contributed by atoms with E-state index in [9.17, 15) is 13.2 Å². The largest absolute Gasteiger partial charge is 0.432 e. The van der Waals surface area contributed by atoms with Crippen molar-refractivity contribution in [1.82, 2.24) is 25.4 Å². The molecular formula is C10H12F3N5. The zero-order valence-corrected chi connectivity index (χ0v) is 9.84. The first kappa shape index (κ1) is 12.6. The van der Waals surface area contributed by atoms with Gasteiger partial charge in [-0.25, -0.2) is 4.98 Å². The topological polar surface area (TPSA) is 70.2 Å². The number of nitrogens with zero attached hydrogens (tertiary/aromatic N) is 3. The summed E-state index contributed by atoms with van der Waals surface area (Å²) in [6.45, 7) is 4.02. The van der Waals surface area contributed by atoms with Gasteiger partial charge in [-0.1, -0.05) is 13.8 Å². The van der Waals surface area contributed by atoms with Crippen LogP contribution in [0.4, 0.5) is 13.2 Å². The van der Waals surface area contributed by atoms with Crippen LogP contribution in [0.5, 0.6) is 0 Å². The van der Waals surface area contributed by atoms with Crippen molar-refractivity contribution in [3.63, 3.8) is 0 Å². The molecular weight excluding hydrogens is 247 g/mol. The van der Waals surface area contributed by atoms with Gasteiger partial charge >= 0.3 is 6.18 Å². The molecule has 0 bridgehead atoms. The molecule has 0 radical (unpaired) electrons. The number of aromatic amines is 2. The van der Waals surface area contributed by atoms with Crippen molar-refractivity contribution in [2.24, 2.45) is 5.92 Å². The number of hydrogen-bond donors (Lipinski definition) is 2. The number of alkyl halides is 3. The van der Waals surface area contributed by atoms with Crippen LogP contribution in [-0.2, 0) is 12.6 Å². The van der Waals surface area contributed by atoms with Crippen molar-refractivity contribution < 1.29 is 13.2 Å². The average Bonchev–Trinajstić information content (AvgIpc) is 2.81.